The number of rotatable bonds is 2. The molecule has 0 unspecified atom stereocenters. The molecule has 1 amide bonds. The monoisotopic (exact) mass is 401 g/mol. The van der Waals surface area contributed by atoms with E-state index in [1.165, 1.54) is 6.33 Å². The number of carbonyl (C=O) groups excluding carboxylic acids is 1. The van der Waals surface area contributed by atoms with Gasteiger partial charge in [0.25, 0.3) is 5.91 Å². The molecule has 2 rings (SSSR count). The van der Waals surface area contributed by atoms with Gasteiger partial charge in [-0.25, -0.2) is 4.98 Å². The van der Waals surface area contributed by atoms with Crippen LogP contribution >= 0.6 is 34.8 Å². The lowest BCUT2D eigenvalue weighted by Gasteiger charge is -2.11. The van der Waals surface area contributed by atoms with Crippen LogP contribution in [0.25, 0.3) is 0 Å². The number of nitrogens with one attached hydrogen (secondary N) is 4. The van der Waals surface area contributed by atoms with Gasteiger partial charge < -0.3 is 10.3 Å². The predicted octanol–water partition coefficient (Wildman–Crippen LogP) is 1.95. The minimum atomic E-state index is -0.351. The molecule has 20 heavy (non-hydrogen) atoms. The second kappa shape index (κ2) is 6.66. The third-order valence-electron chi connectivity index (χ3n) is 2.42. The van der Waals surface area contributed by atoms with Crippen LogP contribution in [-0.2, 0) is 0 Å². The van der Waals surface area contributed by atoms with Gasteiger partial charge in [-0.3, -0.25) is 15.6 Å². The second-order valence-corrected chi connectivity index (χ2v) is 5.57. The van der Waals surface area contributed by atoms with Gasteiger partial charge in [0.2, 0.25) is 0 Å². The lowest BCUT2D eigenvalue weighted by Crippen LogP contribution is -2.44. The zero-order chi connectivity index (χ0) is 14.5. The molecule has 2 aromatic rings. The van der Waals surface area contributed by atoms with E-state index in [9.17, 15) is 4.79 Å². The van der Waals surface area contributed by atoms with E-state index in [1.54, 1.807) is 6.92 Å². The number of hydrazine groups is 1. The van der Waals surface area contributed by atoms with Gasteiger partial charge in [0.15, 0.2) is 10.8 Å². The number of aromatic amines is 1. The Bertz CT molecular complexity index is 642. The average molecular weight is 401 g/mol. The van der Waals surface area contributed by atoms with Crippen molar-refractivity contribution in [3.05, 3.63) is 45.6 Å². The van der Waals surface area contributed by atoms with Crippen LogP contribution < -0.4 is 16.2 Å². The summed E-state index contributed by atoms with van der Waals surface area (Å²) < 4.78 is 1.09. The average Bonchev–Trinajstić information content (AvgIpc) is 2.82. The van der Waals surface area contributed by atoms with Crippen molar-refractivity contribution in [3.8, 4) is 0 Å². The lowest BCUT2D eigenvalue weighted by atomic mass is 10.3. The summed E-state index contributed by atoms with van der Waals surface area (Å²) in [7, 11) is 0. The molecule has 0 aliphatic heterocycles. The Balaban J connectivity index is 1.87. The smallest absolute Gasteiger partial charge is 0.290 e. The third kappa shape index (κ3) is 3.90. The molecule has 0 saturated carbocycles. The van der Waals surface area contributed by atoms with Gasteiger partial charge in [-0.15, -0.1) is 0 Å². The molecular formula is C12H12IN5OS. The Kier molecular flexibility index (Phi) is 4.90. The highest BCUT2D eigenvalue weighted by molar-refractivity contribution is 14.1. The van der Waals surface area contributed by atoms with Crippen molar-refractivity contribution in [2.45, 2.75) is 6.92 Å². The second-order valence-electron chi connectivity index (χ2n) is 3.92. The highest BCUT2D eigenvalue weighted by Gasteiger charge is 2.11. The van der Waals surface area contributed by atoms with Gasteiger partial charge >= 0.3 is 0 Å². The Hall–Kier alpha value is -1.68. The van der Waals surface area contributed by atoms with E-state index in [-0.39, 0.29) is 5.91 Å². The van der Waals surface area contributed by atoms with Gasteiger partial charge in [0, 0.05) is 15.0 Å². The highest BCUT2D eigenvalue weighted by atomic mass is 127. The van der Waals surface area contributed by atoms with Gasteiger partial charge in [0.05, 0.1) is 6.33 Å². The third-order valence-corrected chi connectivity index (χ3v) is 3.29. The number of hydrogen-bond donors (Lipinski definition) is 4. The van der Waals surface area contributed by atoms with Crippen LogP contribution in [0.3, 0.4) is 0 Å². The summed E-state index contributed by atoms with van der Waals surface area (Å²) in [5.74, 6) is -0.351. The maximum Gasteiger partial charge on any atom is 0.290 e. The summed E-state index contributed by atoms with van der Waals surface area (Å²) in [5, 5.41) is 3.27. The van der Waals surface area contributed by atoms with Crippen LogP contribution in [-0.4, -0.2) is 21.0 Å². The van der Waals surface area contributed by atoms with E-state index in [0.717, 1.165) is 9.26 Å². The first kappa shape index (κ1) is 14.7. The summed E-state index contributed by atoms with van der Waals surface area (Å²) in [6.45, 7) is 1.77. The van der Waals surface area contributed by atoms with Gasteiger partial charge in [-0.05, 0) is 59.9 Å². The van der Waals surface area contributed by atoms with Crippen LogP contribution in [0.1, 0.15) is 16.2 Å². The number of nitrogens with zero attached hydrogens (tertiary/aromatic N) is 1. The largest absolute Gasteiger partial charge is 0.348 e. The maximum absolute atomic E-state index is 11.8. The van der Waals surface area contributed by atoms with Crippen LogP contribution in [0.15, 0.2) is 30.6 Å². The first-order valence-corrected chi connectivity index (χ1v) is 7.18. The van der Waals surface area contributed by atoms with Crippen molar-refractivity contribution >= 4 is 51.5 Å². The van der Waals surface area contributed by atoms with Crippen LogP contribution in [0.5, 0.6) is 0 Å². The fraction of sp³-hybridized carbons (Fsp3) is 0.0833. The van der Waals surface area contributed by atoms with Crippen LogP contribution in [0, 0.1) is 10.5 Å². The van der Waals surface area contributed by atoms with E-state index in [0.29, 0.717) is 16.5 Å². The molecule has 104 valence electrons. The van der Waals surface area contributed by atoms with Crippen molar-refractivity contribution < 1.29 is 4.79 Å². The zero-order valence-electron chi connectivity index (χ0n) is 10.5. The molecule has 0 bridgehead atoms. The number of carbonyl (C=O) groups is 1. The van der Waals surface area contributed by atoms with E-state index >= 15 is 0 Å². The lowest BCUT2D eigenvalue weighted by molar-refractivity contribution is 0.0939. The van der Waals surface area contributed by atoms with Crippen molar-refractivity contribution in [2.75, 3.05) is 5.32 Å². The molecule has 1 aromatic heterocycles. The normalized spacial score (nSPS) is 9.90. The Morgan fingerprint density at radius 3 is 2.85 bits per heavy atom. The molecule has 0 fully saturated rings. The number of thiocarbonyl (C=S) groups is 1. The molecule has 1 aromatic carbocycles. The van der Waals surface area contributed by atoms with Gasteiger partial charge in [0.1, 0.15) is 0 Å². The fourth-order valence-electron chi connectivity index (χ4n) is 1.49. The summed E-state index contributed by atoms with van der Waals surface area (Å²) in [5.41, 5.74) is 6.98. The summed E-state index contributed by atoms with van der Waals surface area (Å²) in [6.07, 6.45) is 1.47. The topological polar surface area (TPSA) is 81.8 Å². The maximum atomic E-state index is 11.8. The molecule has 0 radical (unpaired) electrons. The minimum Gasteiger partial charge on any atom is -0.348 e. The first-order chi connectivity index (χ1) is 9.56. The number of H-pyrrole nitrogens is 1. The number of amides is 1. The van der Waals surface area contributed by atoms with Crippen LogP contribution in [0.4, 0.5) is 5.69 Å². The number of hydrogen-bond acceptors (Lipinski definition) is 3. The first-order valence-electron chi connectivity index (χ1n) is 5.69. The highest BCUT2D eigenvalue weighted by Crippen LogP contribution is 2.11. The van der Waals surface area contributed by atoms with E-state index in [4.69, 9.17) is 12.2 Å². The van der Waals surface area contributed by atoms with E-state index < -0.39 is 0 Å². The minimum absolute atomic E-state index is 0.300. The molecule has 6 nitrogen and oxygen atoms in total. The van der Waals surface area contributed by atoms with E-state index in [1.807, 2.05) is 24.3 Å². The number of imidazole rings is 1. The van der Waals surface area contributed by atoms with Crippen molar-refractivity contribution in [2.24, 2.45) is 0 Å². The molecule has 8 heteroatoms. The molecule has 0 spiro atoms. The molecule has 0 aliphatic carbocycles. The molecule has 0 aliphatic rings. The van der Waals surface area contributed by atoms with Crippen LogP contribution in [0.2, 0.25) is 0 Å². The Morgan fingerprint density at radius 1 is 1.40 bits per heavy atom. The number of anilines is 1. The summed E-state index contributed by atoms with van der Waals surface area (Å²) in [6, 6.07) is 7.72. The SMILES string of the molecule is Cc1[nH]cnc1C(=O)NNC(=S)Nc1cccc(I)c1. The summed E-state index contributed by atoms with van der Waals surface area (Å²) in [4.78, 5) is 18.5. The molecule has 0 saturated heterocycles. The number of halogens is 1. The van der Waals surface area contributed by atoms with Crippen molar-refractivity contribution in [1.29, 1.82) is 0 Å². The fourth-order valence-corrected chi connectivity index (χ4v) is 2.20. The van der Waals surface area contributed by atoms with Gasteiger partial charge in [-0.2, -0.15) is 0 Å². The molecular weight excluding hydrogens is 389 g/mol. The Morgan fingerprint density at radius 2 is 2.20 bits per heavy atom. The van der Waals surface area contributed by atoms with Crippen molar-refractivity contribution in [3.63, 3.8) is 0 Å². The zero-order valence-corrected chi connectivity index (χ0v) is 13.5. The van der Waals surface area contributed by atoms with Gasteiger partial charge in [-0.1, -0.05) is 6.07 Å². The molecule has 4 N–H and O–H groups in total. The van der Waals surface area contributed by atoms with E-state index in [2.05, 4.69) is 48.7 Å². The standard InChI is InChI=1S/C12H12IN5OS/c1-7-10(15-6-14-7)11(19)17-18-12(20)16-9-4-2-3-8(13)5-9/h2-6H,1H3,(H,14,15)(H,17,19)(H2,16,18,20). The van der Waals surface area contributed by atoms with Crippen molar-refractivity contribution in [1.82, 2.24) is 20.8 Å². The quantitative estimate of drug-likeness (QED) is 0.352. The molecule has 0 atom stereocenters. The Labute approximate surface area is 134 Å². The predicted molar refractivity (Wildman–Crippen MR) is 89.3 cm³/mol. The number of benzene rings is 1. The number of aryl methyl sites for hydroxylation is 1. The summed E-state index contributed by atoms with van der Waals surface area (Å²) >= 11 is 7.30. The number of aromatic nitrogens is 2. The molecule has 1 heterocycles.